The van der Waals surface area contributed by atoms with Crippen LogP contribution < -0.4 is 0 Å². The van der Waals surface area contributed by atoms with Crippen molar-refractivity contribution in [3.8, 4) is 67.8 Å². The van der Waals surface area contributed by atoms with Gasteiger partial charge < -0.3 is 9.13 Å². The molecule has 0 saturated carbocycles. The molecule has 14 aromatic rings. The number of benzene rings is 10. The van der Waals surface area contributed by atoms with Crippen LogP contribution in [0.1, 0.15) is 0 Å². The number of fused-ring (bicyclic) bond motifs is 8. The Kier molecular flexibility index (Phi) is 9.10. The van der Waals surface area contributed by atoms with E-state index in [9.17, 15) is 0 Å². The Bertz CT molecular complexity index is 4040. The molecule has 4 aromatic heterocycles. The van der Waals surface area contributed by atoms with Crippen LogP contribution in [0.15, 0.2) is 243 Å². The fourth-order valence-corrected chi connectivity index (χ4v) is 10.4. The number of rotatable bonds is 7. The molecule has 6 nitrogen and oxygen atoms in total. The van der Waals surface area contributed by atoms with E-state index in [1.54, 1.807) is 0 Å². The summed E-state index contributed by atoms with van der Waals surface area (Å²) in [6.45, 7) is 0. The van der Waals surface area contributed by atoms with Crippen LogP contribution in [0.3, 0.4) is 0 Å². The molecule has 326 valence electrons. The van der Waals surface area contributed by atoms with E-state index in [0.717, 1.165) is 101 Å². The molecular formula is C64H40N6. The zero-order chi connectivity index (χ0) is 46.1. The molecule has 0 atom stereocenters. The van der Waals surface area contributed by atoms with Crippen molar-refractivity contribution < 1.29 is 0 Å². The molecule has 10 aromatic carbocycles. The van der Waals surface area contributed by atoms with Crippen molar-refractivity contribution in [1.82, 2.24) is 29.1 Å². The molecule has 0 aliphatic heterocycles. The number of aromatic nitrogens is 6. The van der Waals surface area contributed by atoms with Gasteiger partial charge in [-0.15, -0.1) is 0 Å². The maximum atomic E-state index is 5.13. The van der Waals surface area contributed by atoms with E-state index in [2.05, 4.69) is 203 Å². The van der Waals surface area contributed by atoms with Crippen LogP contribution >= 0.6 is 0 Å². The van der Waals surface area contributed by atoms with Crippen molar-refractivity contribution in [2.75, 3.05) is 0 Å². The lowest BCUT2D eigenvalue weighted by atomic mass is 10.0. The Balaban J connectivity index is 0.833. The van der Waals surface area contributed by atoms with Gasteiger partial charge in [0.1, 0.15) is 0 Å². The highest BCUT2D eigenvalue weighted by Crippen LogP contribution is 2.40. The maximum Gasteiger partial charge on any atom is 0.160 e. The van der Waals surface area contributed by atoms with E-state index < -0.39 is 0 Å². The lowest BCUT2D eigenvalue weighted by molar-refractivity contribution is 1.18. The van der Waals surface area contributed by atoms with Crippen LogP contribution in [-0.4, -0.2) is 29.1 Å². The first-order valence-corrected chi connectivity index (χ1v) is 23.6. The van der Waals surface area contributed by atoms with Gasteiger partial charge >= 0.3 is 0 Å². The standard InChI is InChI=1S/C64H40N6/c1-3-15-43(16-4-1)63-65-55-23-11-7-21-51(55)61(67-63)41-27-33-47(34-28-41)69-57-25-13-9-19-49(57)53-39-45(31-37-59(53)69)46-32-38-60-54(40-46)50-20-10-14-26-58(50)70(60)48-35-29-42(30-36-48)62-52-22-8-12-24-56(52)66-64(68-62)44-17-5-2-6-18-44/h1-40H. The Hall–Kier alpha value is -9.52. The van der Waals surface area contributed by atoms with Crippen molar-refractivity contribution in [2.24, 2.45) is 0 Å². The minimum atomic E-state index is 0.721. The number of hydrogen-bond acceptors (Lipinski definition) is 4. The normalized spacial score (nSPS) is 11.7. The third-order valence-electron chi connectivity index (χ3n) is 13.7. The Morgan fingerprint density at radius 3 is 1.00 bits per heavy atom. The second kappa shape index (κ2) is 16.1. The quantitative estimate of drug-likeness (QED) is 0.160. The third-order valence-corrected chi connectivity index (χ3v) is 13.7. The van der Waals surface area contributed by atoms with Gasteiger partial charge in [-0.3, -0.25) is 0 Å². The highest BCUT2D eigenvalue weighted by molar-refractivity contribution is 6.13. The van der Waals surface area contributed by atoms with Gasteiger partial charge in [0, 0.05) is 65.9 Å². The molecule has 0 radical (unpaired) electrons. The van der Waals surface area contributed by atoms with E-state index in [1.165, 1.54) is 32.7 Å². The van der Waals surface area contributed by atoms with Crippen LogP contribution in [0.5, 0.6) is 0 Å². The lowest BCUT2D eigenvalue weighted by Gasteiger charge is -2.12. The lowest BCUT2D eigenvalue weighted by Crippen LogP contribution is -1.97. The van der Waals surface area contributed by atoms with Gasteiger partial charge in [0.25, 0.3) is 0 Å². The smallest absolute Gasteiger partial charge is 0.160 e. The molecule has 70 heavy (non-hydrogen) atoms. The number of para-hydroxylation sites is 4. The van der Waals surface area contributed by atoms with Crippen molar-refractivity contribution in [3.63, 3.8) is 0 Å². The van der Waals surface area contributed by atoms with Gasteiger partial charge in [-0.1, -0.05) is 170 Å². The summed E-state index contributed by atoms with van der Waals surface area (Å²) in [5.74, 6) is 1.44. The molecule has 0 spiro atoms. The average Bonchev–Trinajstić information content (AvgIpc) is 3.95. The molecule has 0 fully saturated rings. The fourth-order valence-electron chi connectivity index (χ4n) is 10.4. The first kappa shape index (κ1) is 39.6. The summed E-state index contributed by atoms with van der Waals surface area (Å²) >= 11 is 0. The summed E-state index contributed by atoms with van der Waals surface area (Å²) in [5.41, 5.74) is 16.9. The molecular weight excluding hydrogens is 853 g/mol. The summed E-state index contributed by atoms with van der Waals surface area (Å²) < 4.78 is 4.76. The van der Waals surface area contributed by atoms with Crippen LogP contribution in [0.2, 0.25) is 0 Å². The molecule has 0 aliphatic carbocycles. The van der Waals surface area contributed by atoms with Gasteiger partial charge in [0.15, 0.2) is 11.6 Å². The molecule has 6 heteroatoms. The van der Waals surface area contributed by atoms with Crippen molar-refractivity contribution in [1.29, 1.82) is 0 Å². The third kappa shape index (κ3) is 6.49. The Labute approximate surface area is 403 Å². The monoisotopic (exact) mass is 892 g/mol. The van der Waals surface area contributed by atoms with E-state index in [0.29, 0.717) is 0 Å². The number of nitrogens with zero attached hydrogens (tertiary/aromatic N) is 6. The first-order valence-electron chi connectivity index (χ1n) is 23.6. The molecule has 0 N–H and O–H groups in total. The van der Waals surface area contributed by atoms with Crippen LogP contribution in [0.25, 0.3) is 133 Å². The molecule has 0 saturated heterocycles. The Morgan fingerprint density at radius 1 is 0.229 bits per heavy atom. The van der Waals surface area contributed by atoms with Gasteiger partial charge in [-0.05, 0) is 83.9 Å². The minimum Gasteiger partial charge on any atom is -0.309 e. The molecule has 14 rings (SSSR count). The van der Waals surface area contributed by atoms with Crippen molar-refractivity contribution in [2.45, 2.75) is 0 Å². The zero-order valence-electron chi connectivity index (χ0n) is 37.8. The fraction of sp³-hybridized carbons (Fsp3) is 0. The van der Waals surface area contributed by atoms with Gasteiger partial charge in [0.05, 0.1) is 44.5 Å². The highest BCUT2D eigenvalue weighted by atomic mass is 15.0. The van der Waals surface area contributed by atoms with Gasteiger partial charge in [-0.25, -0.2) is 19.9 Å². The SMILES string of the molecule is c1ccc(-c2nc(-c3ccc(-n4c5ccccc5c5cc(-c6ccc7c(c6)c6ccccc6n7-c6ccc(-c7nc(-c8ccccc8)nc8ccccc78)cc6)ccc54)cc3)c3ccccc3n2)cc1. The van der Waals surface area contributed by atoms with Crippen molar-refractivity contribution in [3.05, 3.63) is 243 Å². The molecule has 0 aliphatic rings. The van der Waals surface area contributed by atoms with Crippen LogP contribution in [0.4, 0.5) is 0 Å². The zero-order valence-corrected chi connectivity index (χ0v) is 37.8. The minimum absolute atomic E-state index is 0.721. The van der Waals surface area contributed by atoms with Crippen molar-refractivity contribution >= 4 is 65.4 Å². The van der Waals surface area contributed by atoms with Gasteiger partial charge in [-0.2, -0.15) is 0 Å². The highest BCUT2D eigenvalue weighted by Gasteiger charge is 2.18. The molecule has 0 bridgehead atoms. The van der Waals surface area contributed by atoms with E-state index in [-0.39, 0.29) is 0 Å². The summed E-state index contributed by atoms with van der Waals surface area (Å²) in [6, 6.07) is 85.8. The molecule has 4 heterocycles. The van der Waals surface area contributed by atoms with Gasteiger partial charge in [0.2, 0.25) is 0 Å². The topological polar surface area (TPSA) is 61.4 Å². The average molecular weight is 893 g/mol. The summed E-state index contributed by atoms with van der Waals surface area (Å²) in [4.78, 5) is 20.1. The second-order valence-corrected chi connectivity index (χ2v) is 17.8. The molecule has 0 amide bonds. The maximum absolute atomic E-state index is 5.13. The van der Waals surface area contributed by atoms with E-state index in [4.69, 9.17) is 19.9 Å². The van der Waals surface area contributed by atoms with E-state index in [1.807, 2.05) is 48.5 Å². The summed E-state index contributed by atoms with van der Waals surface area (Å²) in [6.07, 6.45) is 0. The van der Waals surface area contributed by atoms with Crippen LogP contribution in [-0.2, 0) is 0 Å². The predicted molar refractivity (Wildman–Crippen MR) is 288 cm³/mol. The molecule has 0 unspecified atom stereocenters. The number of hydrogen-bond donors (Lipinski definition) is 0. The van der Waals surface area contributed by atoms with E-state index >= 15 is 0 Å². The largest absolute Gasteiger partial charge is 0.309 e. The Morgan fingerprint density at radius 2 is 0.571 bits per heavy atom. The second-order valence-electron chi connectivity index (χ2n) is 17.8. The first-order chi connectivity index (χ1) is 34.7. The van der Waals surface area contributed by atoms with Crippen LogP contribution in [0, 0.1) is 0 Å². The predicted octanol–water partition coefficient (Wildman–Crippen LogP) is 16.1. The summed E-state index contributed by atoms with van der Waals surface area (Å²) in [7, 11) is 0. The summed E-state index contributed by atoms with van der Waals surface area (Å²) in [5, 5.41) is 6.91.